The van der Waals surface area contributed by atoms with Gasteiger partial charge in [-0.25, -0.2) is 0 Å². The Bertz CT molecular complexity index is 699. The van der Waals surface area contributed by atoms with E-state index in [2.05, 4.69) is 22.4 Å². The van der Waals surface area contributed by atoms with Crippen LogP contribution in [0.1, 0.15) is 37.9 Å². The van der Waals surface area contributed by atoms with Gasteiger partial charge in [0.2, 0.25) is 5.91 Å². The molecule has 2 heterocycles. The number of piperidine rings is 1. The fraction of sp³-hybridized carbons (Fsp3) is 0.500. The van der Waals surface area contributed by atoms with E-state index in [0.717, 1.165) is 25.1 Å². The van der Waals surface area contributed by atoms with Gasteiger partial charge in [0.15, 0.2) is 12.4 Å². The SMILES string of the molecule is Cc1noc(COc2ccc(NCC(=O)N3CCCCC3C)cc2)n1. The smallest absolute Gasteiger partial charge is 0.264 e. The number of nitrogens with one attached hydrogen (secondary N) is 1. The number of likely N-dealkylation sites (tertiary alicyclic amines) is 1. The lowest BCUT2D eigenvalue weighted by Gasteiger charge is -2.33. The van der Waals surface area contributed by atoms with Gasteiger partial charge in [0.1, 0.15) is 5.75 Å². The van der Waals surface area contributed by atoms with E-state index < -0.39 is 0 Å². The maximum Gasteiger partial charge on any atom is 0.264 e. The van der Waals surface area contributed by atoms with E-state index in [4.69, 9.17) is 9.26 Å². The molecular weight excluding hydrogens is 320 g/mol. The predicted molar refractivity (Wildman–Crippen MR) is 93.3 cm³/mol. The molecule has 1 fully saturated rings. The highest BCUT2D eigenvalue weighted by molar-refractivity contribution is 5.81. The highest BCUT2D eigenvalue weighted by atomic mass is 16.5. The number of amides is 1. The maximum absolute atomic E-state index is 12.3. The number of aromatic nitrogens is 2. The summed E-state index contributed by atoms with van der Waals surface area (Å²) in [6, 6.07) is 7.81. The fourth-order valence-corrected chi connectivity index (χ4v) is 2.96. The maximum atomic E-state index is 12.3. The van der Waals surface area contributed by atoms with Gasteiger partial charge in [0.25, 0.3) is 5.89 Å². The minimum atomic E-state index is 0.152. The van der Waals surface area contributed by atoms with Crippen LogP contribution in [0.15, 0.2) is 28.8 Å². The zero-order valence-corrected chi connectivity index (χ0v) is 14.7. The molecule has 1 aliphatic heterocycles. The van der Waals surface area contributed by atoms with Gasteiger partial charge in [0, 0.05) is 18.3 Å². The topological polar surface area (TPSA) is 80.5 Å². The van der Waals surface area contributed by atoms with E-state index in [-0.39, 0.29) is 12.5 Å². The van der Waals surface area contributed by atoms with Crippen molar-refractivity contribution in [1.29, 1.82) is 0 Å². The third kappa shape index (κ3) is 4.71. The molecule has 1 saturated heterocycles. The van der Waals surface area contributed by atoms with Gasteiger partial charge in [-0.1, -0.05) is 5.16 Å². The molecule has 0 bridgehead atoms. The van der Waals surface area contributed by atoms with Crippen LogP contribution in [-0.2, 0) is 11.4 Å². The third-order valence-corrected chi connectivity index (χ3v) is 4.35. The van der Waals surface area contributed by atoms with Crippen molar-refractivity contribution in [2.45, 2.75) is 45.8 Å². The molecule has 3 rings (SSSR count). The standard InChI is InChI=1S/C18H24N4O3/c1-13-5-3-4-10-22(13)18(23)11-19-15-6-8-16(9-7-15)24-12-17-20-14(2)21-25-17/h6-9,13,19H,3-5,10-12H2,1-2H3. The molecule has 7 nitrogen and oxygen atoms in total. The molecule has 0 saturated carbocycles. The molecule has 1 aromatic carbocycles. The van der Waals surface area contributed by atoms with Crippen molar-refractivity contribution in [3.8, 4) is 5.75 Å². The van der Waals surface area contributed by atoms with Crippen molar-refractivity contribution in [2.24, 2.45) is 0 Å². The second-order valence-corrected chi connectivity index (χ2v) is 6.33. The highest BCUT2D eigenvalue weighted by Crippen LogP contribution is 2.18. The summed E-state index contributed by atoms with van der Waals surface area (Å²) in [5, 5.41) is 6.89. The van der Waals surface area contributed by atoms with Crippen molar-refractivity contribution >= 4 is 11.6 Å². The van der Waals surface area contributed by atoms with Gasteiger partial charge in [-0.3, -0.25) is 4.79 Å². The van der Waals surface area contributed by atoms with Crippen molar-refractivity contribution in [3.05, 3.63) is 36.0 Å². The number of carbonyl (C=O) groups excluding carboxylic acids is 1. The zero-order valence-electron chi connectivity index (χ0n) is 14.7. The molecular formula is C18H24N4O3. The van der Waals surface area contributed by atoms with Crippen LogP contribution in [0, 0.1) is 6.92 Å². The van der Waals surface area contributed by atoms with E-state index in [0.29, 0.717) is 30.1 Å². The molecule has 2 aromatic rings. The van der Waals surface area contributed by atoms with Crippen molar-refractivity contribution < 1.29 is 14.1 Å². The van der Waals surface area contributed by atoms with Crippen molar-refractivity contribution in [3.63, 3.8) is 0 Å². The first-order valence-corrected chi connectivity index (χ1v) is 8.67. The molecule has 1 atom stereocenters. The summed E-state index contributed by atoms with van der Waals surface area (Å²) in [5.74, 6) is 1.89. The van der Waals surface area contributed by atoms with Gasteiger partial charge in [-0.15, -0.1) is 0 Å². The first-order valence-electron chi connectivity index (χ1n) is 8.67. The van der Waals surface area contributed by atoms with Gasteiger partial charge in [-0.05, 0) is 57.4 Å². The third-order valence-electron chi connectivity index (χ3n) is 4.35. The van der Waals surface area contributed by atoms with E-state index in [1.54, 1.807) is 6.92 Å². The normalized spacial score (nSPS) is 17.4. The lowest BCUT2D eigenvalue weighted by molar-refractivity contribution is -0.132. The molecule has 0 aliphatic carbocycles. The Morgan fingerprint density at radius 1 is 1.36 bits per heavy atom. The Balaban J connectivity index is 1.46. The second kappa shape index (κ2) is 8.00. The number of benzene rings is 1. The number of hydrogen-bond acceptors (Lipinski definition) is 6. The monoisotopic (exact) mass is 344 g/mol. The number of hydrogen-bond donors (Lipinski definition) is 1. The van der Waals surface area contributed by atoms with Crippen LogP contribution in [0.2, 0.25) is 0 Å². The number of rotatable bonds is 6. The Hall–Kier alpha value is -2.57. The molecule has 1 unspecified atom stereocenters. The van der Waals surface area contributed by atoms with E-state index in [9.17, 15) is 4.79 Å². The molecule has 1 aromatic heterocycles. The Labute approximate surface area is 147 Å². The fourth-order valence-electron chi connectivity index (χ4n) is 2.96. The zero-order chi connectivity index (χ0) is 17.6. The summed E-state index contributed by atoms with van der Waals surface area (Å²) in [4.78, 5) is 18.4. The van der Waals surface area contributed by atoms with Crippen molar-refractivity contribution in [2.75, 3.05) is 18.4 Å². The summed E-state index contributed by atoms with van der Waals surface area (Å²) in [5.41, 5.74) is 0.888. The summed E-state index contributed by atoms with van der Waals surface area (Å²) in [6.45, 7) is 5.29. The van der Waals surface area contributed by atoms with Crippen LogP contribution >= 0.6 is 0 Å². The molecule has 134 valence electrons. The van der Waals surface area contributed by atoms with Gasteiger partial charge in [-0.2, -0.15) is 4.98 Å². The molecule has 1 aliphatic rings. The van der Waals surface area contributed by atoms with Crippen LogP contribution < -0.4 is 10.1 Å². The minimum absolute atomic E-state index is 0.152. The number of aryl methyl sites for hydroxylation is 1. The predicted octanol–water partition coefficient (Wildman–Crippen LogP) is 2.77. The average molecular weight is 344 g/mol. The number of anilines is 1. The highest BCUT2D eigenvalue weighted by Gasteiger charge is 2.22. The molecule has 1 amide bonds. The lowest BCUT2D eigenvalue weighted by Crippen LogP contribution is -2.44. The van der Waals surface area contributed by atoms with Crippen LogP contribution in [0.25, 0.3) is 0 Å². The summed E-state index contributed by atoms with van der Waals surface area (Å²) < 4.78 is 10.6. The Kier molecular flexibility index (Phi) is 5.53. The van der Waals surface area contributed by atoms with E-state index in [1.807, 2.05) is 29.2 Å². The molecule has 1 N–H and O–H groups in total. The summed E-state index contributed by atoms with van der Waals surface area (Å²) in [6.07, 6.45) is 3.40. The van der Waals surface area contributed by atoms with Crippen LogP contribution in [0.5, 0.6) is 5.75 Å². The minimum Gasteiger partial charge on any atom is -0.484 e. The van der Waals surface area contributed by atoms with Gasteiger partial charge in [0.05, 0.1) is 6.54 Å². The molecule has 7 heteroatoms. The Morgan fingerprint density at radius 3 is 2.84 bits per heavy atom. The van der Waals surface area contributed by atoms with Crippen LogP contribution in [0.4, 0.5) is 5.69 Å². The van der Waals surface area contributed by atoms with Gasteiger partial charge < -0.3 is 19.5 Å². The lowest BCUT2D eigenvalue weighted by atomic mass is 10.0. The largest absolute Gasteiger partial charge is 0.484 e. The first kappa shape index (κ1) is 17.3. The summed E-state index contributed by atoms with van der Waals surface area (Å²) >= 11 is 0. The van der Waals surface area contributed by atoms with Gasteiger partial charge >= 0.3 is 0 Å². The number of carbonyl (C=O) groups is 1. The van der Waals surface area contributed by atoms with E-state index in [1.165, 1.54) is 6.42 Å². The second-order valence-electron chi connectivity index (χ2n) is 6.33. The molecule has 0 radical (unpaired) electrons. The average Bonchev–Trinajstić information content (AvgIpc) is 3.04. The number of ether oxygens (including phenoxy) is 1. The number of nitrogens with zero attached hydrogens (tertiary/aromatic N) is 3. The summed E-state index contributed by atoms with van der Waals surface area (Å²) in [7, 11) is 0. The quantitative estimate of drug-likeness (QED) is 0.868. The first-order chi connectivity index (χ1) is 12.1. The molecule has 0 spiro atoms. The van der Waals surface area contributed by atoms with Crippen molar-refractivity contribution in [1.82, 2.24) is 15.0 Å². The van der Waals surface area contributed by atoms with E-state index >= 15 is 0 Å². The van der Waals surface area contributed by atoms with Crippen LogP contribution in [-0.4, -0.2) is 40.1 Å². The Morgan fingerprint density at radius 2 is 2.16 bits per heavy atom. The molecule has 25 heavy (non-hydrogen) atoms. The van der Waals surface area contributed by atoms with Crippen LogP contribution in [0.3, 0.4) is 0 Å².